The first-order valence-electron chi connectivity index (χ1n) is 8.62. The first kappa shape index (κ1) is 21.8. The molecule has 0 heterocycles. The van der Waals surface area contributed by atoms with Crippen molar-refractivity contribution in [1.29, 1.82) is 0 Å². The first-order valence-corrected chi connectivity index (χ1v) is 9.85. The van der Waals surface area contributed by atoms with Crippen molar-refractivity contribution in [1.82, 2.24) is 10.2 Å². The van der Waals surface area contributed by atoms with Gasteiger partial charge in [0.15, 0.2) is 0 Å². The average molecular weight is 410 g/mol. The molecule has 0 bridgehead atoms. The van der Waals surface area contributed by atoms with Crippen LogP contribution >= 0.6 is 11.8 Å². The predicted molar refractivity (Wildman–Crippen MR) is 106 cm³/mol. The summed E-state index contributed by atoms with van der Waals surface area (Å²) in [5.74, 6) is 1.13. The number of hydrogen-bond donors (Lipinski definition) is 1. The van der Waals surface area contributed by atoms with Gasteiger partial charge >= 0.3 is 6.03 Å². The lowest BCUT2D eigenvalue weighted by molar-refractivity contribution is 0.0818. The standard InChI is InChI=1S/C20H24F2N2O3S/c1-24(12-15-7-8-18(28-3)17(10-15)26-2)20(25)23-11-14-5-4-6-16(9-14)27-13-19(21)22/h4-10,19H,11-13H2,1-3H3,(H,23,25). The van der Waals surface area contributed by atoms with Crippen molar-refractivity contribution in [3.63, 3.8) is 0 Å². The summed E-state index contributed by atoms with van der Waals surface area (Å²) in [5, 5.41) is 2.81. The molecule has 2 rings (SSSR count). The molecule has 2 amide bonds. The minimum atomic E-state index is -2.53. The molecule has 0 unspecified atom stereocenters. The molecule has 0 radical (unpaired) electrons. The lowest BCUT2D eigenvalue weighted by Crippen LogP contribution is -2.36. The van der Waals surface area contributed by atoms with Crippen LogP contribution in [0.5, 0.6) is 11.5 Å². The Morgan fingerprint density at radius 1 is 1.21 bits per heavy atom. The van der Waals surface area contributed by atoms with Gasteiger partial charge in [-0.3, -0.25) is 0 Å². The molecule has 1 N–H and O–H groups in total. The number of halogens is 2. The van der Waals surface area contributed by atoms with E-state index in [1.807, 2.05) is 24.5 Å². The number of thioether (sulfide) groups is 1. The number of benzene rings is 2. The Morgan fingerprint density at radius 3 is 2.68 bits per heavy atom. The number of methoxy groups -OCH3 is 1. The molecule has 0 aliphatic rings. The van der Waals surface area contributed by atoms with Gasteiger partial charge in [0.25, 0.3) is 6.43 Å². The van der Waals surface area contributed by atoms with Crippen LogP contribution in [-0.2, 0) is 13.1 Å². The van der Waals surface area contributed by atoms with Crippen LogP contribution in [0.3, 0.4) is 0 Å². The highest BCUT2D eigenvalue weighted by Crippen LogP contribution is 2.28. The average Bonchev–Trinajstić information content (AvgIpc) is 2.70. The fourth-order valence-corrected chi connectivity index (χ4v) is 3.09. The molecule has 5 nitrogen and oxygen atoms in total. The molecule has 28 heavy (non-hydrogen) atoms. The SMILES string of the molecule is COc1cc(CN(C)C(=O)NCc2cccc(OCC(F)F)c2)ccc1SC. The number of nitrogens with one attached hydrogen (secondary N) is 1. The third-order valence-electron chi connectivity index (χ3n) is 3.93. The van der Waals surface area contributed by atoms with Gasteiger partial charge in [0.2, 0.25) is 0 Å². The second-order valence-corrected chi connectivity index (χ2v) is 6.90. The van der Waals surface area contributed by atoms with Crippen LogP contribution in [-0.4, -0.2) is 44.4 Å². The van der Waals surface area contributed by atoms with Gasteiger partial charge in [-0.15, -0.1) is 11.8 Å². The monoisotopic (exact) mass is 410 g/mol. The van der Waals surface area contributed by atoms with Crippen molar-refractivity contribution < 1.29 is 23.0 Å². The van der Waals surface area contributed by atoms with Crippen LogP contribution in [0.2, 0.25) is 0 Å². The Hall–Kier alpha value is -2.48. The Bertz CT molecular complexity index is 790. The van der Waals surface area contributed by atoms with E-state index in [4.69, 9.17) is 9.47 Å². The van der Waals surface area contributed by atoms with E-state index in [-0.39, 0.29) is 12.6 Å². The maximum absolute atomic E-state index is 12.3. The summed E-state index contributed by atoms with van der Waals surface area (Å²) >= 11 is 1.60. The second kappa shape index (κ2) is 10.8. The van der Waals surface area contributed by atoms with E-state index in [9.17, 15) is 13.6 Å². The van der Waals surface area contributed by atoms with Crippen molar-refractivity contribution >= 4 is 17.8 Å². The summed E-state index contributed by atoms with van der Waals surface area (Å²) in [7, 11) is 3.32. The molecule has 2 aromatic rings. The number of ether oxygens (including phenoxy) is 2. The number of carbonyl (C=O) groups is 1. The molecular weight excluding hydrogens is 386 g/mol. The van der Waals surface area contributed by atoms with Gasteiger partial charge in [-0.2, -0.15) is 0 Å². The topological polar surface area (TPSA) is 50.8 Å². The van der Waals surface area contributed by atoms with Gasteiger partial charge in [-0.1, -0.05) is 18.2 Å². The van der Waals surface area contributed by atoms with Crippen molar-refractivity contribution in [2.75, 3.05) is 27.0 Å². The van der Waals surface area contributed by atoms with Gasteiger partial charge in [-0.25, -0.2) is 13.6 Å². The molecule has 8 heteroatoms. The van der Waals surface area contributed by atoms with Crippen LogP contribution in [0.25, 0.3) is 0 Å². The smallest absolute Gasteiger partial charge is 0.317 e. The third-order valence-corrected chi connectivity index (χ3v) is 4.71. The van der Waals surface area contributed by atoms with E-state index < -0.39 is 13.0 Å². The zero-order valence-electron chi connectivity index (χ0n) is 16.1. The van der Waals surface area contributed by atoms with Crippen LogP contribution in [0.15, 0.2) is 47.4 Å². The number of carbonyl (C=O) groups excluding carboxylic acids is 1. The van der Waals surface area contributed by atoms with E-state index >= 15 is 0 Å². The van der Waals surface area contributed by atoms with Crippen molar-refractivity contribution in [2.45, 2.75) is 24.4 Å². The fraction of sp³-hybridized carbons (Fsp3) is 0.350. The molecule has 0 atom stereocenters. The predicted octanol–water partition coefficient (Wildman–Crippen LogP) is 4.40. The Balaban J connectivity index is 1.90. The summed E-state index contributed by atoms with van der Waals surface area (Å²) < 4.78 is 34.8. The lowest BCUT2D eigenvalue weighted by atomic mass is 10.2. The normalized spacial score (nSPS) is 10.6. The van der Waals surface area contributed by atoms with Gasteiger partial charge < -0.3 is 19.7 Å². The minimum Gasteiger partial charge on any atom is -0.496 e. The zero-order valence-corrected chi connectivity index (χ0v) is 16.9. The largest absolute Gasteiger partial charge is 0.496 e. The first-order chi connectivity index (χ1) is 13.4. The number of nitrogens with zero attached hydrogens (tertiary/aromatic N) is 1. The van der Waals surface area contributed by atoms with E-state index in [0.29, 0.717) is 12.3 Å². The molecular formula is C20H24F2N2O3S. The summed E-state index contributed by atoms with van der Waals surface area (Å²) in [6.07, 6.45) is -0.550. The highest BCUT2D eigenvalue weighted by molar-refractivity contribution is 7.98. The summed E-state index contributed by atoms with van der Waals surface area (Å²) in [6, 6.07) is 12.3. The van der Waals surface area contributed by atoms with Crippen LogP contribution in [0, 0.1) is 0 Å². The maximum atomic E-state index is 12.3. The number of rotatable bonds is 9. The van der Waals surface area contributed by atoms with Crippen LogP contribution < -0.4 is 14.8 Å². The summed E-state index contributed by atoms with van der Waals surface area (Å²) in [4.78, 5) is 14.9. The highest BCUT2D eigenvalue weighted by Gasteiger charge is 2.11. The minimum absolute atomic E-state index is 0.244. The molecule has 0 saturated heterocycles. The van der Waals surface area contributed by atoms with Crippen LogP contribution in [0.4, 0.5) is 13.6 Å². The number of amides is 2. The molecule has 0 aromatic heterocycles. The maximum Gasteiger partial charge on any atom is 0.317 e. The molecule has 152 valence electrons. The molecule has 0 saturated carbocycles. The van der Waals surface area contributed by atoms with Crippen molar-refractivity contribution in [3.05, 3.63) is 53.6 Å². The van der Waals surface area contributed by atoms with Crippen molar-refractivity contribution in [3.8, 4) is 11.5 Å². The number of hydrogen-bond acceptors (Lipinski definition) is 4. The lowest BCUT2D eigenvalue weighted by Gasteiger charge is -2.19. The van der Waals surface area contributed by atoms with Gasteiger partial charge in [0.1, 0.15) is 18.1 Å². The Kier molecular flexibility index (Phi) is 8.38. The van der Waals surface area contributed by atoms with E-state index in [1.165, 1.54) is 0 Å². The quantitative estimate of drug-likeness (QED) is 0.623. The van der Waals surface area contributed by atoms with E-state index in [2.05, 4.69) is 5.32 Å². The highest BCUT2D eigenvalue weighted by atomic mass is 32.2. The molecule has 0 spiro atoms. The van der Waals surface area contributed by atoms with E-state index in [1.54, 1.807) is 55.1 Å². The van der Waals surface area contributed by atoms with Gasteiger partial charge in [0.05, 0.1) is 7.11 Å². The van der Waals surface area contributed by atoms with Crippen LogP contribution in [0.1, 0.15) is 11.1 Å². The molecule has 0 fully saturated rings. The molecule has 2 aromatic carbocycles. The third kappa shape index (κ3) is 6.60. The number of urea groups is 1. The van der Waals surface area contributed by atoms with Crippen molar-refractivity contribution in [2.24, 2.45) is 0 Å². The summed E-state index contributed by atoms with van der Waals surface area (Å²) in [5.41, 5.74) is 1.72. The van der Waals surface area contributed by atoms with Gasteiger partial charge in [0, 0.05) is 25.0 Å². The summed E-state index contributed by atoms with van der Waals surface area (Å²) in [6.45, 7) is 0.0372. The fourth-order valence-electron chi connectivity index (χ4n) is 2.54. The second-order valence-electron chi connectivity index (χ2n) is 6.05. The molecule has 0 aliphatic carbocycles. The number of alkyl halides is 2. The van der Waals surface area contributed by atoms with Gasteiger partial charge in [-0.05, 0) is 41.6 Å². The van der Waals surface area contributed by atoms with E-state index in [0.717, 1.165) is 21.8 Å². The molecule has 0 aliphatic heterocycles. The zero-order chi connectivity index (χ0) is 20.5. The Labute approximate surface area is 168 Å². The Morgan fingerprint density at radius 2 is 2.00 bits per heavy atom.